The van der Waals surface area contributed by atoms with E-state index in [0.717, 1.165) is 16.9 Å². The van der Waals surface area contributed by atoms with Gasteiger partial charge >= 0.3 is 0 Å². The molecule has 0 aliphatic rings. The number of benzene rings is 4. The molecule has 0 saturated heterocycles. The Bertz CT molecular complexity index is 1350. The van der Waals surface area contributed by atoms with Crippen LogP contribution in [0.4, 0.5) is 28.4 Å². The minimum Gasteiger partial charge on any atom is -0.378 e. The number of amides is 3. The van der Waals surface area contributed by atoms with E-state index in [9.17, 15) is 14.4 Å². The lowest BCUT2D eigenvalue weighted by molar-refractivity contribution is -0.115. The predicted molar refractivity (Wildman–Crippen MR) is 163 cm³/mol. The van der Waals surface area contributed by atoms with Crippen LogP contribution in [0.2, 0.25) is 0 Å². The summed E-state index contributed by atoms with van der Waals surface area (Å²) in [5.74, 6) is -0.572. The van der Waals surface area contributed by atoms with Gasteiger partial charge in [-0.15, -0.1) is 0 Å². The third kappa shape index (κ3) is 7.48. The average molecular weight is 536 g/mol. The smallest absolute Gasteiger partial charge is 0.255 e. The Kier molecular flexibility index (Phi) is 8.81. The topological polar surface area (TPSA) is 93.8 Å². The first kappa shape index (κ1) is 27.9. The molecule has 0 fully saturated rings. The van der Waals surface area contributed by atoms with E-state index in [4.69, 9.17) is 0 Å². The van der Waals surface area contributed by atoms with Crippen LogP contribution in [0.5, 0.6) is 0 Å². The maximum absolute atomic E-state index is 12.6. The molecule has 4 aromatic rings. The van der Waals surface area contributed by atoms with Gasteiger partial charge in [0.25, 0.3) is 11.8 Å². The fourth-order valence-corrected chi connectivity index (χ4v) is 3.96. The highest BCUT2D eigenvalue weighted by Gasteiger charge is 2.10. The Balaban J connectivity index is 1.26. The van der Waals surface area contributed by atoms with Crippen LogP contribution in [0, 0.1) is 0 Å². The zero-order chi connectivity index (χ0) is 28.6. The van der Waals surface area contributed by atoms with Crippen LogP contribution in [0.3, 0.4) is 0 Å². The number of nitrogens with zero attached hydrogens (tertiary/aromatic N) is 2. The molecule has 0 aliphatic heterocycles. The quantitative estimate of drug-likeness (QED) is 0.263. The van der Waals surface area contributed by atoms with Gasteiger partial charge in [0.15, 0.2) is 0 Å². The molecule has 0 saturated carbocycles. The second-order valence-corrected chi connectivity index (χ2v) is 9.79. The van der Waals surface area contributed by atoms with E-state index < -0.39 is 0 Å². The highest BCUT2D eigenvalue weighted by Crippen LogP contribution is 2.18. The van der Waals surface area contributed by atoms with Crippen molar-refractivity contribution in [2.45, 2.75) is 6.42 Å². The summed E-state index contributed by atoms with van der Waals surface area (Å²) >= 11 is 0. The van der Waals surface area contributed by atoms with Crippen molar-refractivity contribution in [2.75, 3.05) is 53.9 Å². The molecule has 8 heteroatoms. The molecule has 3 amide bonds. The van der Waals surface area contributed by atoms with Crippen molar-refractivity contribution in [1.29, 1.82) is 0 Å². The lowest BCUT2D eigenvalue weighted by atomic mass is 10.1. The molecule has 0 bridgehead atoms. The van der Waals surface area contributed by atoms with Crippen LogP contribution in [0.15, 0.2) is 97.1 Å². The van der Waals surface area contributed by atoms with E-state index in [-0.39, 0.29) is 24.1 Å². The molecule has 0 radical (unpaired) electrons. The first-order valence-corrected chi connectivity index (χ1v) is 12.8. The molecule has 0 aromatic heterocycles. The van der Waals surface area contributed by atoms with E-state index in [1.807, 2.05) is 74.4 Å². The minimum absolute atomic E-state index is 0.171. The Morgan fingerprint density at radius 2 is 0.850 bits per heavy atom. The van der Waals surface area contributed by atoms with Gasteiger partial charge < -0.3 is 25.8 Å². The fraction of sp³-hybridized carbons (Fsp3) is 0.156. The molecule has 4 rings (SSSR count). The Labute approximate surface area is 234 Å². The maximum Gasteiger partial charge on any atom is 0.255 e. The largest absolute Gasteiger partial charge is 0.378 e. The Morgan fingerprint density at radius 3 is 1.23 bits per heavy atom. The summed E-state index contributed by atoms with van der Waals surface area (Å²) in [6.07, 6.45) is 0.182. The maximum atomic E-state index is 12.6. The molecule has 0 unspecified atom stereocenters. The van der Waals surface area contributed by atoms with Crippen LogP contribution in [0.1, 0.15) is 26.3 Å². The van der Waals surface area contributed by atoms with Crippen LogP contribution in [-0.2, 0) is 11.2 Å². The van der Waals surface area contributed by atoms with Gasteiger partial charge in [0.2, 0.25) is 5.91 Å². The molecule has 204 valence electrons. The van der Waals surface area contributed by atoms with Crippen molar-refractivity contribution < 1.29 is 14.4 Å². The molecule has 0 heterocycles. The highest BCUT2D eigenvalue weighted by atomic mass is 16.2. The first-order chi connectivity index (χ1) is 19.2. The lowest BCUT2D eigenvalue weighted by Gasteiger charge is -2.13. The summed E-state index contributed by atoms with van der Waals surface area (Å²) in [6, 6.07) is 28.9. The summed E-state index contributed by atoms with van der Waals surface area (Å²) in [5.41, 5.74) is 5.89. The summed E-state index contributed by atoms with van der Waals surface area (Å²) in [4.78, 5) is 41.6. The van der Waals surface area contributed by atoms with Crippen molar-refractivity contribution in [1.82, 2.24) is 0 Å². The highest BCUT2D eigenvalue weighted by molar-refractivity contribution is 6.05. The molecule has 8 nitrogen and oxygen atoms in total. The fourth-order valence-electron chi connectivity index (χ4n) is 3.96. The van der Waals surface area contributed by atoms with E-state index >= 15 is 0 Å². The van der Waals surface area contributed by atoms with Gasteiger partial charge in [-0.3, -0.25) is 14.4 Å². The number of hydrogen-bond donors (Lipinski definition) is 3. The summed E-state index contributed by atoms with van der Waals surface area (Å²) in [6.45, 7) is 0. The van der Waals surface area contributed by atoms with Crippen molar-refractivity contribution in [2.24, 2.45) is 0 Å². The third-order valence-electron chi connectivity index (χ3n) is 6.29. The number of hydrogen-bond acceptors (Lipinski definition) is 5. The molecule has 0 atom stereocenters. The number of carbonyl (C=O) groups is 3. The van der Waals surface area contributed by atoms with Crippen LogP contribution in [-0.4, -0.2) is 45.9 Å². The molecular formula is C32H33N5O3. The summed E-state index contributed by atoms with van der Waals surface area (Å²) in [7, 11) is 7.78. The van der Waals surface area contributed by atoms with Gasteiger partial charge in [-0.25, -0.2) is 0 Å². The zero-order valence-electron chi connectivity index (χ0n) is 23.1. The monoisotopic (exact) mass is 535 g/mol. The number of anilines is 5. The van der Waals surface area contributed by atoms with Gasteiger partial charge in [-0.2, -0.15) is 0 Å². The number of nitrogens with one attached hydrogen (secondary N) is 3. The molecule has 0 aliphatic carbocycles. The van der Waals surface area contributed by atoms with E-state index in [1.54, 1.807) is 60.7 Å². The Hall–Kier alpha value is -5.11. The molecule has 0 spiro atoms. The van der Waals surface area contributed by atoms with E-state index in [0.29, 0.717) is 28.2 Å². The molecule has 40 heavy (non-hydrogen) atoms. The normalized spacial score (nSPS) is 10.4. The number of rotatable bonds is 9. The summed E-state index contributed by atoms with van der Waals surface area (Å²) in [5, 5.41) is 8.62. The SMILES string of the molecule is CN(C)c1ccc(C(=O)Nc2ccc(CC(=O)Nc3ccc(NC(=O)c4ccc(N(C)C)cc4)cc3)cc2)cc1. The van der Waals surface area contributed by atoms with Gasteiger partial charge in [-0.1, -0.05) is 12.1 Å². The van der Waals surface area contributed by atoms with Crippen molar-refractivity contribution in [3.63, 3.8) is 0 Å². The molecule has 3 N–H and O–H groups in total. The zero-order valence-corrected chi connectivity index (χ0v) is 23.1. The van der Waals surface area contributed by atoms with Gasteiger partial charge in [0.05, 0.1) is 6.42 Å². The van der Waals surface area contributed by atoms with E-state index in [1.165, 1.54) is 0 Å². The molecule has 4 aromatic carbocycles. The molecular weight excluding hydrogens is 502 g/mol. The minimum atomic E-state index is -0.205. The van der Waals surface area contributed by atoms with Gasteiger partial charge in [0.1, 0.15) is 0 Å². The Morgan fingerprint density at radius 1 is 0.500 bits per heavy atom. The van der Waals surface area contributed by atoms with Gasteiger partial charge in [0, 0.05) is 67.8 Å². The van der Waals surface area contributed by atoms with Crippen LogP contribution < -0.4 is 25.8 Å². The van der Waals surface area contributed by atoms with Crippen molar-refractivity contribution in [3.05, 3.63) is 114 Å². The van der Waals surface area contributed by atoms with Gasteiger partial charge in [-0.05, 0) is 90.5 Å². The van der Waals surface area contributed by atoms with Crippen LogP contribution in [0.25, 0.3) is 0 Å². The summed E-state index contributed by atoms with van der Waals surface area (Å²) < 4.78 is 0. The van der Waals surface area contributed by atoms with Crippen molar-refractivity contribution in [3.8, 4) is 0 Å². The lowest BCUT2D eigenvalue weighted by Crippen LogP contribution is -2.15. The van der Waals surface area contributed by atoms with E-state index in [2.05, 4.69) is 16.0 Å². The third-order valence-corrected chi connectivity index (χ3v) is 6.29. The van der Waals surface area contributed by atoms with Crippen molar-refractivity contribution >= 4 is 46.2 Å². The second kappa shape index (κ2) is 12.6. The predicted octanol–water partition coefficient (Wildman–Crippen LogP) is 5.50. The standard InChI is InChI=1S/C32H33N5O3/c1-36(2)28-17-7-23(8-18-28)31(39)34-26-11-5-22(6-12-26)21-30(38)33-25-13-15-27(16-14-25)35-32(40)24-9-19-29(20-10-24)37(3)4/h5-20H,21H2,1-4H3,(H,33,38)(H,34,39)(H,35,40). The number of carbonyl (C=O) groups excluding carboxylic acids is 3. The second-order valence-electron chi connectivity index (χ2n) is 9.79. The van der Waals surface area contributed by atoms with Crippen LogP contribution >= 0.6 is 0 Å². The average Bonchev–Trinajstić information content (AvgIpc) is 2.95. The first-order valence-electron chi connectivity index (χ1n) is 12.8.